The first-order chi connectivity index (χ1) is 11.8. The third-order valence-corrected chi connectivity index (χ3v) is 4.27. The van der Waals surface area contributed by atoms with E-state index in [1.54, 1.807) is 13.2 Å². The molecule has 0 heterocycles. The third-order valence-electron chi connectivity index (χ3n) is 4.27. The first kappa shape index (κ1) is 16.3. The molecule has 0 atom stereocenters. The molecule has 2 aromatic rings. The minimum Gasteiger partial charge on any atom is -0.493 e. The summed E-state index contributed by atoms with van der Waals surface area (Å²) in [5.41, 5.74) is 1.61. The zero-order valence-electron chi connectivity index (χ0n) is 13.9. The Morgan fingerprint density at radius 2 is 1.79 bits per heavy atom. The molecule has 0 radical (unpaired) electrons. The monoisotopic (exact) mass is 322 g/mol. The van der Waals surface area contributed by atoms with E-state index in [9.17, 15) is 4.79 Å². The fourth-order valence-electron chi connectivity index (χ4n) is 2.95. The van der Waals surface area contributed by atoms with Crippen LogP contribution >= 0.6 is 0 Å². The summed E-state index contributed by atoms with van der Waals surface area (Å²) in [6.45, 7) is 0. The van der Waals surface area contributed by atoms with E-state index in [1.165, 1.54) is 12.8 Å². The van der Waals surface area contributed by atoms with Gasteiger partial charge in [0.2, 0.25) is 0 Å². The van der Waals surface area contributed by atoms with E-state index in [1.807, 2.05) is 54.6 Å². The molecular weight excluding hydrogens is 300 g/mol. The Hall–Kier alpha value is -2.55. The highest BCUT2D eigenvalue weighted by Gasteiger charge is 2.18. The second kappa shape index (κ2) is 7.82. The van der Waals surface area contributed by atoms with Gasteiger partial charge in [-0.2, -0.15) is 0 Å². The van der Waals surface area contributed by atoms with Crippen LogP contribution in [0.4, 0.5) is 0 Å². The lowest BCUT2D eigenvalue weighted by Crippen LogP contribution is -2.11. The predicted molar refractivity (Wildman–Crippen MR) is 95.7 cm³/mol. The molecule has 0 bridgehead atoms. The van der Waals surface area contributed by atoms with Gasteiger partial charge in [-0.3, -0.25) is 4.79 Å². The smallest absolute Gasteiger partial charge is 0.185 e. The lowest BCUT2D eigenvalue weighted by Gasteiger charge is -2.16. The van der Waals surface area contributed by atoms with Crippen LogP contribution in [0.15, 0.2) is 54.6 Å². The standard InChI is InChI=1S/C21H22O3/c1-23-20-14-12-16(15-21(20)24-18-9-5-6-10-18)11-13-19(22)17-7-3-2-4-8-17/h2-4,7-8,11-15,18H,5-6,9-10H2,1H3. The van der Waals surface area contributed by atoms with Crippen molar-refractivity contribution in [1.29, 1.82) is 0 Å². The number of benzene rings is 2. The summed E-state index contributed by atoms with van der Waals surface area (Å²) >= 11 is 0. The molecule has 3 rings (SSSR count). The van der Waals surface area contributed by atoms with Crippen LogP contribution in [0.2, 0.25) is 0 Å². The van der Waals surface area contributed by atoms with Crippen molar-refractivity contribution in [2.24, 2.45) is 0 Å². The Labute approximate surface area is 142 Å². The van der Waals surface area contributed by atoms with E-state index < -0.39 is 0 Å². The second-order valence-corrected chi connectivity index (χ2v) is 6.00. The number of rotatable bonds is 6. The maximum Gasteiger partial charge on any atom is 0.185 e. The van der Waals surface area contributed by atoms with Crippen molar-refractivity contribution < 1.29 is 14.3 Å². The van der Waals surface area contributed by atoms with E-state index in [0.29, 0.717) is 5.56 Å². The van der Waals surface area contributed by atoms with Crippen LogP contribution in [0.3, 0.4) is 0 Å². The number of carbonyl (C=O) groups is 1. The van der Waals surface area contributed by atoms with Gasteiger partial charge in [0.25, 0.3) is 0 Å². The number of ether oxygens (including phenoxy) is 2. The number of allylic oxidation sites excluding steroid dienone is 1. The van der Waals surface area contributed by atoms with Crippen molar-refractivity contribution in [2.45, 2.75) is 31.8 Å². The van der Waals surface area contributed by atoms with Crippen LogP contribution in [0, 0.1) is 0 Å². The van der Waals surface area contributed by atoms with E-state index in [4.69, 9.17) is 9.47 Å². The molecule has 2 aromatic carbocycles. The first-order valence-corrected chi connectivity index (χ1v) is 8.38. The third kappa shape index (κ3) is 4.05. The molecule has 1 fully saturated rings. The van der Waals surface area contributed by atoms with Gasteiger partial charge in [0.15, 0.2) is 17.3 Å². The lowest BCUT2D eigenvalue weighted by atomic mass is 10.1. The minimum absolute atomic E-state index is 0.00956. The fourth-order valence-corrected chi connectivity index (χ4v) is 2.95. The molecule has 1 saturated carbocycles. The molecule has 3 heteroatoms. The summed E-state index contributed by atoms with van der Waals surface area (Å²) in [7, 11) is 1.64. The Balaban J connectivity index is 1.75. The molecule has 0 N–H and O–H groups in total. The van der Waals surface area contributed by atoms with E-state index in [-0.39, 0.29) is 11.9 Å². The zero-order chi connectivity index (χ0) is 16.8. The van der Waals surface area contributed by atoms with Gasteiger partial charge in [0, 0.05) is 5.56 Å². The quantitative estimate of drug-likeness (QED) is 0.560. The molecule has 0 aliphatic heterocycles. The normalized spacial score (nSPS) is 14.9. The van der Waals surface area contributed by atoms with Crippen molar-refractivity contribution >= 4 is 11.9 Å². The average Bonchev–Trinajstić information content (AvgIpc) is 3.13. The molecule has 124 valence electrons. The first-order valence-electron chi connectivity index (χ1n) is 8.38. The summed E-state index contributed by atoms with van der Waals surface area (Å²) in [5, 5.41) is 0. The van der Waals surface area contributed by atoms with Gasteiger partial charge in [-0.25, -0.2) is 0 Å². The molecule has 24 heavy (non-hydrogen) atoms. The maximum atomic E-state index is 12.2. The molecule has 0 unspecified atom stereocenters. The van der Waals surface area contributed by atoms with Gasteiger partial charge >= 0.3 is 0 Å². The Kier molecular flexibility index (Phi) is 5.32. The molecule has 1 aliphatic carbocycles. The second-order valence-electron chi connectivity index (χ2n) is 6.00. The number of methoxy groups -OCH3 is 1. The largest absolute Gasteiger partial charge is 0.493 e. The van der Waals surface area contributed by atoms with E-state index in [2.05, 4.69) is 0 Å². The van der Waals surface area contributed by atoms with Gasteiger partial charge < -0.3 is 9.47 Å². The zero-order valence-corrected chi connectivity index (χ0v) is 13.9. The Bertz CT molecular complexity index is 713. The SMILES string of the molecule is COc1ccc(C=CC(=O)c2ccccc2)cc1OC1CCCC1. The number of hydrogen-bond acceptors (Lipinski definition) is 3. The van der Waals surface area contributed by atoms with Crippen LogP contribution in [0.5, 0.6) is 11.5 Å². The van der Waals surface area contributed by atoms with Crippen LogP contribution in [0.25, 0.3) is 6.08 Å². The van der Waals surface area contributed by atoms with Crippen LogP contribution in [-0.4, -0.2) is 19.0 Å². The molecule has 0 aromatic heterocycles. The van der Waals surface area contributed by atoms with Gasteiger partial charge in [-0.1, -0.05) is 42.5 Å². The summed E-state index contributed by atoms with van der Waals surface area (Å²) in [4.78, 5) is 12.2. The molecule has 3 nitrogen and oxygen atoms in total. The van der Waals surface area contributed by atoms with Gasteiger partial charge in [0.05, 0.1) is 13.2 Å². The average molecular weight is 322 g/mol. The maximum absolute atomic E-state index is 12.2. The number of hydrogen-bond donors (Lipinski definition) is 0. The van der Waals surface area contributed by atoms with Crippen LogP contribution in [-0.2, 0) is 0 Å². The lowest BCUT2D eigenvalue weighted by molar-refractivity contribution is 0.104. The highest BCUT2D eigenvalue weighted by Crippen LogP contribution is 2.32. The van der Waals surface area contributed by atoms with Crippen molar-refractivity contribution in [3.63, 3.8) is 0 Å². The topological polar surface area (TPSA) is 35.5 Å². The van der Waals surface area contributed by atoms with Crippen LogP contribution in [0.1, 0.15) is 41.6 Å². The molecule has 0 spiro atoms. The summed E-state index contributed by atoms with van der Waals surface area (Å²) in [6, 6.07) is 15.0. The minimum atomic E-state index is -0.00956. The fraction of sp³-hybridized carbons (Fsp3) is 0.286. The van der Waals surface area contributed by atoms with Crippen molar-refractivity contribution in [3.8, 4) is 11.5 Å². The number of ketones is 1. The predicted octanol–water partition coefficient (Wildman–Crippen LogP) is 4.91. The molecule has 0 amide bonds. The van der Waals surface area contributed by atoms with Gasteiger partial charge in [-0.15, -0.1) is 0 Å². The summed E-state index contributed by atoms with van der Waals surface area (Å²) in [6.07, 6.45) is 8.30. The van der Waals surface area contributed by atoms with Gasteiger partial charge in [-0.05, 0) is 49.5 Å². The molecule has 1 aliphatic rings. The molecule has 0 saturated heterocycles. The Morgan fingerprint density at radius 3 is 2.50 bits per heavy atom. The number of carbonyl (C=O) groups excluding carboxylic acids is 1. The highest BCUT2D eigenvalue weighted by atomic mass is 16.5. The molecular formula is C21H22O3. The summed E-state index contributed by atoms with van der Waals surface area (Å²) < 4.78 is 11.5. The van der Waals surface area contributed by atoms with Crippen molar-refractivity contribution in [3.05, 3.63) is 65.7 Å². The van der Waals surface area contributed by atoms with Crippen LogP contribution < -0.4 is 9.47 Å². The van der Waals surface area contributed by atoms with Crippen molar-refractivity contribution in [1.82, 2.24) is 0 Å². The highest BCUT2D eigenvalue weighted by molar-refractivity contribution is 6.06. The van der Waals surface area contributed by atoms with E-state index >= 15 is 0 Å². The van der Waals surface area contributed by atoms with Gasteiger partial charge in [0.1, 0.15) is 0 Å². The Morgan fingerprint density at radius 1 is 1.04 bits per heavy atom. The van der Waals surface area contributed by atoms with E-state index in [0.717, 1.165) is 29.9 Å². The summed E-state index contributed by atoms with van der Waals surface area (Å²) in [5.74, 6) is 1.47. The van der Waals surface area contributed by atoms with Crippen molar-refractivity contribution in [2.75, 3.05) is 7.11 Å².